The summed E-state index contributed by atoms with van der Waals surface area (Å²) in [7, 11) is 0. The molecule has 0 atom stereocenters. The van der Waals surface area contributed by atoms with Crippen molar-refractivity contribution in [3.8, 4) is 0 Å². The molecule has 1 heterocycles. The van der Waals surface area contributed by atoms with Crippen molar-refractivity contribution in [2.45, 2.75) is 26.0 Å². The number of nitrogens with zero attached hydrogens (tertiary/aromatic N) is 1. The maximum Gasteiger partial charge on any atom is 0.0720 e. The van der Waals surface area contributed by atoms with Crippen molar-refractivity contribution in [3.63, 3.8) is 0 Å². The third kappa shape index (κ3) is 4.47. The van der Waals surface area contributed by atoms with Gasteiger partial charge in [0.15, 0.2) is 0 Å². The predicted octanol–water partition coefficient (Wildman–Crippen LogP) is 2.69. The number of ether oxygens (including phenoxy) is 1. The fourth-order valence-electron chi connectivity index (χ4n) is 2.01. The molecule has 1 aromatic heterocycles. The number of hydrogen-bond donors (Lipinski definition) is 1. The highest BCUT2D eigenvalue weighted by Gasteiger charge is 2.00. The summed E-state index contributed by atoms with van der Waals surface area (Å²) in [5.74, 6) is 0. The number of hydrogen-bond acceptors (Lipinski definition) is 3. The molecule has 0 aliphatic carbocycles. The second-order valence-electron chi connectivity index (χ2n) is 4.48. The van der Waals surface area contributed by atoms with E-state index in [9.17, 15) is 0 Å². The van der Waals surface area contributed by atoms with E-state index in [1.165, 1.54) is 11.1 Å². The van der Waals surface area contributed by atoms with Crippen molar-refractivity contribution < 1.29 is 4.74 Å². The van der Waals surface area contributed by atoms with Crippen LogP contribution in [0, 0.1) is 0 Å². The smallest absolute Gasteiger partial charge is 0.0720 e. The highest BCUT2D eigenvalue weighted by atomic mass is 16.5. The second kappa shape index (κ2) is 7.67. The zero-order chi connectivity index (χ0) is 13.3. The van der Waals surface area contributed by atoms with Crippen LogP contribution in [0.3, 0.4) is 0 Å². The van der Waals surface area contributed by atoms with Gasteiger partial charge in [0.2, 0.25) is 0 Å². The summed E-state index contributed by atoms with van der Waals surface area (Å²) in [5.41, 5.74) is 9.35. The molecule has 0 aliphatic rings. The first-order chi connectivity index (χ1) is 9.40. The number of aromatic nitrogens is 1. The van der Waals surface area contributed by atoms with Crippen LogP contribution in [0.5, 0.6) is 0 Å². The van der Waals surface area contributed by atoms with E-state index in [1.54, 1.807) is 0 Å². The first kappa shape index (κ1) is 13.7. The molecule has 0 saturated heterocycles. The van der Waals surface area contributed by atoms with Crippen LogP contribution in [0.25, 0.3) is 0 Å². The summed E-state index contributed by atoms with van der Waals surface area (Å²) in [6.45, 7) is 1.97. The second-order valence-corrected chi connectivity index (χ2v) is 4.48. The summed E-state index contributed by atoms with van der Waals surface area (Å²) in [6.07, 6.45) is 5.71. The quantitative estimate of drug-likeness (QED) is 0.775. The fourth-order valence-corrected chi connectivity index (χ4v) is 2.01. The molecule has 3 nitrogen and oxygen atoms in total. The van der Waals surface area contributed by atoms with Gasteiger partial charge in [-0.25, -0.2) is 0 Å². The van der Waals surface area contributed by atoms with Gasteiger partial charge in [0.1, 0.15) is 0 Å². The molecule has 100 valence electrons. The molecule has 2 N–H and O–H groups in total. The SMILES string of the molecule is NCc1ccccc1COCCCc1ccncc1. The van der Waals surface area contributed by atoms with Gasteiger partial charge >= 0.3 is 0 Å². The summed E-state index contributed by atoms with van der Waals surface area (Å²) in [5, 5.41) is 0. The highest BCUT2D eigenvalue weighted by molar-refractivity contribution is 5.26. The van der Waals surface area contributed by atoms with Crippen LogP contribution >= 0.6 is 0 Å². The van der Waals surface area contributed by atoms with Gasteiger partial charge in [0.25, 0.3) is 0 Å². The van der Waals surface area contributed by atoms with E-state index in [1.807, 2.05) is 36.7 Å². The average Bonchev–Trinajstić information content (AvgIpc) is 2.48. The van der Waals surface area contributed by atoms with Gasteiger partial charge < -0.3 is 10.5 Å². The van der Waals surface area contributed by atoms with E-state index in [0.29, 0.717) is 13.2 Å². The predicted molar refractivity (Wildman–Crippen MR) is 76.5 cm³/mol. The van der Waals surface area contributed by atoms with E-state index in [0.717, 1.165) is 25.0 Å². The first-order valence-corrected chi connectivity index (χ1v) is 6.63. The van der Waals surface area contributed by atoms with E-state index in [-0.39, 0.29) is 0 Å². The molecule has 0 unspecified atom stereocenters. The van der Waals surface area contributed by atoms with E-state index >= 15 is 0 Å². The highest BCUT2D eigenvalue weighted by Crippen LogP contribution is 2.09. The van der Waals surface area contributed by atoms with Crippen LogP contribution in [0.4, 0.5) is 0 Å². The van der Waals surface area contributed by atoms with Crippen molar-refractivity contribution in [3.05, 3.63) is 65.5 Å². The number of rotatable bonds is 7. The molecule has 2 aromatic rings. The number of benzene rings is 1. The maximum absolute atomic E-state index is 5.71. The van der Waals surface area contributed by atoms with Gasteiger partial charge in [-0.15, -0.1) is 0 Å². The number of pyridine rings is 1. The van der Waals surface area contributed by atoms with Gasteiger partial charge in [-0.05, 0) is 41.7 Å². The molecular weight excluding hydrogens is 236 g/mol. The minimum Gasteiger partial charge on any atom is -0.377 e. The lowest BCUT2D eigenvalue weighted by Crippen LogP contribution is -2.04. The average molecular weight is 256 g/mol. The largest absolute Gasteiger partial charge is 0.377 e. The summed E-state index contributed by atoms with van der Waals surface area (Å²) >= 11 is 0. The molecule has 2 rings (SSSR count). The van der Waals surface area contributed by atoms with Crippen LogP contribution < -0.4 is 5.73 Å². The van der Waals surface area contributed by atoms with Crippen LogP contribution in [0.15, 0.2) is 48.8 Å². The Kier molecular flexibility index (Phi) is 5.53. The Labute approximate surface area is 114 Å². The summed E-state index contributed by atoms with van der Waals surface area (Å²) < 4.78 is 5.71. The molecule has 0 spiro atoms. The molecule has 3 heteroatoms. The Morgan fingerprint density at radius 3 is 2.47 bits per heavy atom. The summed E-state index contributed by atoms with van der Waals surface area (Å²) in [4.78, 5) is 4.01. The van der Waals surface area contributed by atoms with Gasteiger partial charge in [-0.3, -0.25) is 4.98 Å². The van der Waals surface area contributed by atoms with Gasteiger partial charge in [0.05, 0.1) is 6.61 Å². The molecule has 0 saturated carbocycles. The number of aryl methyl sites for hydroxylation is 1. The summed E-state index contributed by atoms with van der Waals surface area (Å²) in [6, 6.07) is 12.2. The third-order valence-electron chi connectivity index (χ3n) is 3.10. The monoisotopic (exact) mass is 256 g/mol. The molecule has 0 radical (unpaired) electrons. The van der Waals surface area contributed by atoms with Crippen molar-refractivity contribution in [2.75, 3.05) is 6.61 Å². The van der Waals surface area contributed by atoms with E-state index in [2.05, 4.69) is 17.1 Å². The topological polar surface area (TPSA) is 48.1 Å². The fraction of sp³-hybridized carbons (Fsp3) is 0.312. The van der Waals surface area contributed by atoms with Crippen LogP contribution in [-0.2, 0) is 24.3 Å². The Morgan fingerprint density at radius 2 is 1.74 bits per heavy atom. The first-order valence-electron chi connectivity index (χ1n) is 6.63. The zero-order valence-electron chi connectivity index (χ0n) is 11.1. The van der Waals surface area contributed by atoms with Crippen LogP contribution in [0.1, 0.15) is 23.1 Å². The normalized spacial score (nSPS) is 10.6. The standard InChI is InChI=1S/C16H20N2O/c17-12-15-5-1-2-6-16(15)13-19-11-3-4-14-7-9-18-10-8-14/h1-2,5-10H,3-4,11-13,17H2. The molecule has 0 amide bonds. The Bertz CT molecular complexity index is 485. The van der Waals surface area contributed by atoms with Crippen molar-refractivity contribution in [1.29, 1.82) is 0 Å². The Morgan fingerprint density at radius 1 is 1.00 bits per heavy atom. The van der Waals surface area contributed by atoms with Gasteiger partial charge in [-0.2, -0.15) is 0 Å². The third-order valence-corrected chi connectivity index (χ3v) is 3.10. The zero-order valence-corrected chi connectivity index (χ0v) is 11.1. The lowest BCUT2D eigenvalue weighted by molar-refractivity contribution is 0.118. The van der Waals surface area contributed by atoms with Crippen molar-refractivity contribution in [1.82, 2.24) is 4.98 Å². The number of nitrogens with two attached hydrogens (primary N) is 1. The lowest BCUT2D eigenvalue weighted by Gasteiger charge is -2.08. The Hall–Kier alpha value is -1.71. The van der Waals surface area contributed by atoms with Gasteiger partial charge in [-0.1, -0.05) is 24.3 Å². The molecule has 1 aromatic carbocycles. The molecule has 19 heavy (non-hydrogen) atoms. The molecule has 0 bridgehead atoms. The maximum atomic E-state index is 5.71. The van der Waals surface area contributed by atoms with Crippen molar-refractivity contribution in [2.24, 2.45) is 5.73 Å². The molecule has 0 fully saturated rings. The van der Waals surface area contributed by atoms with E-state index in [4.69, 9.17) is 10.5 Å². The minimum absolute atomic E-state index is 0.566. The van der Waals surface area contributed by atoms with Gasteiger partial charge in [0, 0.05) is 25.5 Å². The van der Waals surface area contributed by atoms with Crippen LogP contribution in [-0.4, -0.2) is 11.6 Å². The lowest BCUT2D eigenvalue weighted by atomic mass is 10.1. The molecule has 0 aliphatic heterocycles. The van der Waals surface area contributed by atoms with E-state index < -0.39 is 0 Å². The van der Waals surface area contributed by atoms with Crippen molar-refractivity contribution >= 4 is 0 Å². The minimum atomic E-state index is 0.566. The molecular formula is C16H20N2O. The van der Waals surface area contributed by atoms with Crippen LogP contribution in [0.2, 0.25) is 0 Å². The Balaban J connectivity index is 1.69.